The second-order valence-corrected chi connectivity index (χ2v) is 7.85. The molecule has 0 bridgehead atoms. The first-order chi connectivity index (χ1) is 9.27. The highest BCUT2D eigenvalue weighted by Gasteiger charge is 2.65. The minimum atomic E-state index is 0.267. The Labute approximate surface area is 123 Å². The van der Waals surface area contributed by atoms with Crippen LogP contribution in [0.4, 0.5) is 11.8 Å². The van der Waals surface area contributed by atoms with Gasteiger partial charge in [0.05, 0.1) is 5.39 Å². The summed E-state index contributed by atoms with van der Waals surface area (Å²) in [4.78, 5) is 11.1. The number of nitrogens with one attached hydrogen (secondary N) is 1. The number of aromatic nitrogens is 2. The van der Waals surface area contributed by atoms with Crippen molar-refractivity contribution in [3.05, 3.63) is 10.9 Å². The normalized spacial score (nSPS) is 20.2. The van der Waals surface area contributed by atoms with Gasteiger partial charge < -0.3 is 11.1 Å². The van der Waals surface area contributed by atoms with Crippen molar-refractivity contribution in [2.24, 2.45) is 10.8 Å². The number of nitrogens with two attached hydrogens (primary N) is 1. The summed E-state index contributed by atoms with van der Waals surface area (Å²) in [6.07, 6.45) is 1.01. The van der Waals surface area contributed by atoms with Gasteiger partial charge in [0, 0.05) is 10.9 Å². The number of nitrogen functional groups attached to an aromatic ring is 1. The highest BCUT2D eigenvalue weighted by atomic mass is 32.1. The minimum absolute atomic E-state index is 0.267. The van der Waals surface area contributed by atoms with Crippen molar-refractivity contribution in [1.29, 1.82) is 0 Å². The number of nitrogens with zero attached hydrogens (tertiary/aromatic N) is 2. The van der Waals surface area contributed by atoms with Crippen LogP contribution >= 0.6 is 11.3 Å². The van der Waals surface area contributed by atoms with Crippen LogP contribution < -0.4 is 11.1 Å². The van der Waals surface area contributed by atoms with E-state index in [2.05, 4.69) is 56.0 Å². The van der Waals surface area contributed by atoms with Crippen LogP contribution in [0.5, 0.6) is 0 Å². The number of aryl methyl sites for hydroxylation is 1. The molecule has 1 saturated carbocycles. The topological polar surface area (TPSA) is 63.8 Å². The summed E-state index contributed by atoms with van der Waals surface area (Å²) < 4.78 is 0. The van der Waals surface area contributed by atoms with E-state index >= 15 is 0 Å². The second kappa shape index (κ2) is 4.07. The Kier molecular flexibility index (Phi) is 2.77. The first kappa shape index (κ1) is 13.6. The first-order valence-electron chi connectivity index (χ1n) is 7.10. The molecule has 3 rings (SSSR count). The second-order valence-electron chi connectivity index (χ2n) is 6.74. The smallest absolute Gasteiger partial charge is 0.223 e. The van der Waals surface area contributed by atoms with Gasteiger partial charge in [0.25, 0.3) is 0 Å². The van der Waals surface area contributed by atoms with Crippen molar-refractivity contribution < 1.29 is 0 Å². The lowest BCUT2D eigenvalue weighted by atomic mass is 10.0. The van der Waals surface area contributed by atoms with Gasteiger partial charge in [-0.1, -0.05) is 34.6 Å². The van der Waals surface area contributed by atoms with Crippen LogP contribution in [0.25, 0.3) is 10.2 Å². The Bertz CT molecular complexity index is 658. The number of thiophene rings is 1. The maximum atomic E-state index is 5.85. The fourth-order valence-electron chi connectivity index (χ4n) is 2.97. The number of hydrogen-bond acceptors (Lipinski definition) is 5. The molecule has 4 nitrogen and oxygen atoms in total. The lowest BCUT2D eigenvalue weighted by Crippen LogP contribution is -2.12. The molecule has 0 amide bonds. The molecule has 0 unspecified atom stereocenters. The highest BCUT2D eigenvalue weighted by Crippen LogP contribution is 2.63. The monoisotopic (exact) mass is 290 g/mol. The van der Waals surface area contributed by atoms with E-state index in [9.17, 15) is 0 Å². The Morgan fingerprint density at radius 1 is 1.25 bits per heavy atom. The average molecular weight is 290 g/mol. The van der Waals surface area contributed by atoms with E-state index in [-0.39, 0.29) is 10.8 Å². The maximum absolute atomic E-state index is 5.85. The largest absolute Gasteiger partial charge is 0.368 e. The van der Waals surface area contributed by atoms with Gasteiger partial charge in [0.1, 0.15) is 10.6 Å². The van der Waals surface area contributed by atoms with E-state index in [0.717, 1.165) is 22.5 Å². The number of anilines is 2. The summed E-state index contributed by atoms with van der Waals surface area (Å²) in [5, 5.41) is 4.69. The van der Waals surface area contributed by atoms with Gasteiger partial charge in [-0.05, 0) is 23.3 Å². The van der Waals surface area contributed by atoms with E-state index in [1.165, 1.54) is 4.88 Å². The van der Waals surface area contributed by atoms with E-state index in [1.54, 1.807) is 11.3 Å². The van der Waals surface area contributed by atoms with Gasteiger partial charge in [-0.15, -0.1) is 11.3 Å². The molecule has 2 aromatic heterocycles. The SMILES string of the molecule is CCc1cc2c(NC3C(C)(C)C3(C)C)nc(N)nc2s1. The van der Waals surface area contributed by atoms with Crippen LogP contribution in [-0.2, 0) is 6.42 Å². The molecular formula is C15H22N4S. The molecule has 5 heteroatoms. The van der Waals surface area contributed by atoms with Gasteiger partial charge in [0.15, 0.2) is 0 Å². The third-order valence-corrected chi connectivity index (χ3v) is 6.28. The van der Waals surface area contributed by atoms with Crippen LogP contribution in [0.1, 0.15) is 39.5 Å². The van der Waals surface area contributed by atoms with E-state index in [4.69, 9.17) is 5.73 Å². The fourth-order valence-corrected chi connectivity index (χ4v) is 3.94. The zero-order valence-corrected chi connectivity index (χ0v) is 13.6. The van der Waals surface area contributed by atoms with Crippen LogP contribution in [-0.4, -0.2) is 16.0 Å². The highest BCUT2D eigenvalue weighted by molar-refractivity contribution is 7.18. The summed E-state index contributed by atoms with van der Waals surface area (Å²) in [5.74, 6) is 1.23. The lowest BCUT2D eigenvalue weighted by Gasteiger charge is -2.09. The van der Waals surface area contributed by atoms with Crippen molar-refractivity contribution in [1.82, 2.24) is 9.97 Å². The Hall–Kier alpha value is -1.36. The first-order valence-corrected chi connectivity index (χ1v) is 7.91. The molecule has 0 atom stereocenters. The molecule has 2 heterocycles. The van der Waals surface area contributed by atoms with Gasteiger partial charge >= 0.3 is 0 Å². The van der Waals surface area contributed by atoms with Crippen LogP contribution in [0.2, 0.25) is 0 Å². The predicted octanol–water partition coefficient (Wildman–Crippen LogP) is 3.68. The fraction of sp³-hybridized carbons (Fsp3) is 0.600. The molecule has 3 N–H and O–H groups in total. The molecule has 1 aliphatic carbocycles. The zero-order valence-electron chi connectivity index (χ0n) is 12.7. The van der Waals surface area contributed by atoms with Crippen molar-refractivity contribution in [2.75, 3.05) is 11.1 Å². The molecule has 1 aliphatic rings. The van der Waals surface area contributed by atoms with Gasteiger partial charge in [-0.2, -0.15) is 4.98 Å². The van der Waals surface area contributed by atoms with E-state index < -0.39 is 0 Å². The predicted molar refractivity (Wildman–Crippen MR) is 86.2 cm³/mol. The number of rotatable bonds is 3. The van der Waals surface area contributed by atoms with E-state index in [1.807, 2.05) is 0 Å². The van der Waals surface area contributed by atoms with Gasteiger partial charge in [-0.3, -0.25) is 0 Å². The number of fused-ring (bicyclic) bond motifs is 1. The molecule has 20 heavy (non-hydrogen) atoms. The van der Waals surface area contributed by atoms with E-state index in [0.29, 0.717) is 12.0 Å². The molecule has 0 spiro atoms. The molecule has 1 fully saturated rings. The molecule has 0 radical (unpaired) electrons. The third kappa shape index (κ3) is 1.79. The standard InChI is InChI=1S/C15H22N4S/c1-6-8-7-9-10(18-13(16)19-11(9)20-8)17-12-14(2,3)15(12,4)5/h7,12H,6H2,1-5H3,(H3,16,17,18,19). The molecule has 0 saturated heterocycles. The van der Waals surface area contributed by atoms with Crippen molar-refractivity contribution in [3.63, 3.8) is 0 Å². The van der Waals surface area contributed by atoms with Crippen LogP contribution in [0.15, 0.2) is 6.07 Å². The summed E-state index contributed by atoms with van der Waals surface area (Å²) in [7, 11) is 0. The Morgan fingerprint density at radius 3 is 2.45 bits per heavy atom. The maximum Gasteiger partial charge on any atom is 0.223 e. The van der Waals surface area contributed by atoms with Gasteiger partial charge in [0.2, 0.25) is 5.95 Å². The molecule has 0 aliphatic heterocycles. The molecule has 108 valence electrons. The Balaban J connectivity index is 2.02. The zero-order chi connectivity index (χ0) is 14.7. The average Bonchev–Trinajstić information content (AvgIpc) is 2.69. The number of hydrogen-bond donors (Lipinski definition) is 2. The summed E-state index contributed by atoms with van der Waals surface area (Å²) in [6.45, 7) is 11.3. The molecular weight excluding hydrogens is 268 g/mol. The lowest BCUT2D eigenvalue weighted by molar-refractivity contribution is 0.457. The third-order valence-electron chi connectivity index (χ3n) is 5.11. The van der Waals surface area contributed by atoms with Crippen LogP contribution in [0.3, 0.4) is 0 Å². The van der Waals surface area contributed by atoms with Crippen LogP contribution in [0, 0.1) is 10.8 Å². The minimum Gasteiger partial charge on any atom is -0.368 e. The molecule has 2 aromatic rings. The van der Waals surface area contributed by atoms with Crippen molar-refractivity contribution >= 4 is 33.3 Å². The summed E-state index contributed by atoms with van der Waals surface area (Å²) >= 11 is 1.70. The van der Waals surface area contributed by atoms with Crippen molar-refractivity contribution in [2.45, 2.75) is 47.1 Å². The van der Waals surface area contributed by atoms with Crippen molar-refractivity contribution in [3.8, 4) is 0 Å². The summed E-state index contributed by atoms with van der Waals surface area (Å²) in [6, 6.07) is 2.60. The summed E-state index contributed by atoms with van der Waals surface area (Å²) in [5.41, 5.74) is 6.38. The Morgan fingerprint density at radius 2 is 1.90 bits per heavy atom. The molecule has 0 aromatic carbocycles. The van der Waals surface area contributed by atoms with Gasteiger partial charge in [-0.25, -0.2) is 4.98 Å². The quantitative estimate of drug-likeness (QED) is 0.905.